The molecule has 4 nitrogen and oxygen atoms in total. The second-order valence-electron chi connectivity index (χ2n) is 5.25. The number of hydrogen-bond donors (Lipinski definition) is 1. The predicted molar refractivity (Wildman–Crippen MR) is 88.0 cm³/mol. The average molecular weight is 324 g/mol. The minimum absolute atomic E-state index is 0.331. The molecule has 0 aliphatic carbocycles. The fourth-order valence-corrected chi connectivity index (χ4v) is 4.65. The Morgan fingerprint density at radius 1 is 1.24 bits per heavy atom. The Labute approximate surface area is 130 Å². The summed E-state index contributed by atoms with van der Waals surface area (Å²) in [6.45, 7) is 5.82. The minimum atomic E-state index is -3.56. The quantitative estimate of drug-likeness (QED) is 0.879. The monoisotopic (exact) mass is 324 g/mol. The lowest BCUT2D eigenvalue weighted by Gasteiger charge is -2.21. The lowest BCUT2D eigenvalue weighted by atomic mass is 10.1. The molecule has 2 aromatic rings. The van der Waals surface area contributed by atoms with Gasteiger partial charge in [-0.2, -0.15) is 15.6 Å². The van der Waals surface area contributed by atoms with Gasteiger partial charge in [0.05, 0.1) is 4.90 Å². The Morgan fingerprint density at radius 3 is 2.48 bits per heavy atom. The van der Waals surface area contributed by atoms with E-state index in [1.54, 1.807) is 25.3 Å². The molecule has 1 aromatic heterocycles. The van der Waals surface area contributed by atoms with E-state index in [4.69, 9.17) is 5.73 Å². The second kappa shape index (κ2) is 5.79. The van der Waals surface area contributed by atoms with Crippen LogP contribution in [0.25, 0.3) is 0 Å². The molecule has 0 atom stereocenters. The van der Waals surface area contributed by atoms with Crippen LogP contribution >= 0.6 is 11.3 Å². The van der Waals surface area contributed by atoms with Gasteiger partial charge in [-0.25, -0.2) is 8.42 Å². The molecule has 2 N–H and O–H groups in total. The van der Waals surface area contributed by atoms with E-state index in [0.717, 1.165) is 16.7 Å². The Bertz CT molecular complexity index is 724. The lowest BCUT2D eigenvalue weighted by molar-refractivity contribution is 0.466. The van der Waals surface area contributed by atoms with Gasteiger partial charge in [0.15, 0.2) is 0 Å². The molecule has 6 heteroatoms. The van der Waals surface area contributed by atoms with Gasteiger partial charge in [0, 0.05) is 19.3 Å². The van der Waals surface area contributed by atoms with E-state index < -0.39 is 10.0 Å². The molecule has 2 rings (SSSR count). The highest BCUT2D eigenvalue weighted by atomic mass is 32.2. The number of rotatable bonds is 4. The molecule has 0 aliphatic heterocycles. The summed E-state index contributed by atoms with van der Waals surface area (Å²) in [5.41, 5.74) is 9.72. The third kappa shape index (κ3) is 2.97. The zero-order valence-corrected chi connectivity index (χ0v) is 14.3. The van der Waals surface area contributed by atoms with E-state index in [2.05, 4.69) is 0 Å². The molecule has 0 bridgehead atoms. The molecule has 0 spiro atoms. The molecule has 1 heterocycles. The summed E-state index contributed by atoms with van der Waals surface area (Å²) >= 11 is 1.56. The summed E-state index contributed by atoms with van der Waals surface area (Å²) in [7, 11) is -1.96. The largest absolute Gasteiger partial charge is 0.398 e. The smallest absolute Gasteiger partial charge is 0.243 e. The van der Waals surface area contributed by atoms with Crippen molar-refractivity contribution in [3.63, 3.8) is 0 Å². The highest BCUT2D eigenvalue weighted by Crippen LogP contribution is 2.30. The molecule has 0 radical (unpaired) electrons. The van der Waals surface area contributed by atoms with Gasteiger partial charge < -0.3 is 5.73 Å². The van der Waals surface area contributed by atoms with E-state index in [9.17, 15) is 8.42 Å². The topological polar surface area (TPSA) is 63.4 Å². The van der Waals surface area contributed by atoms with Gasteiger partial charge in [-0.1, -0.05) is 0 Å². The maximum absolute atomic E-state index is 12.9. The number of nitrogen functional groups attached to an aromatic ring is 1. The van der Waals surface area contributed by atoms with Crippen LogP contribution < -0.4 is 5.73 Å². The van der Waals surface area contributed by atoms with Crippen LogP contribution in [0, 0.1) is 20.8 Å². The van der Waals surface area contributed by atoms with Crippen molar-refractivity contribution in [2.45, 2.75) is 32.2 Å². The molecule has 21 heavy (non-hydrogen) atoms. The third-order valence-corrected chi connectivity index (χ3v) is 6.54. The van der Waals surface area contributed by atoms with Gasteiger partial charge in [-0.15, -0.1) is 0 Å². The summed E-state index contributed by atoms with van der Waals surface area (Å²) in [5, 5.41) is 3.90. The minimum Gasteiger partial charge on any atom is -0.398 e. The molecule has 0 saturated carbocycles. The van der Waals surface area contributed by atoms with Gasteiger partial charge in [0.25, 0.3) is 0 Å². The molecule has 0 saturated heterocycles. The number of hydrogen-bond acceptors (Lipinski definition) is 4. The fraction of sp³-hybridized carbons (Fsp3) is 0.333. The third-order valence-electron chi connectivity index (χ3n) is 3.73. The second-order valence-corrected chi connectivity index (χ2v) is 8.02. The number of thiophene rings is 1. The van der Waals surface area contributed by atoms with Crippen LogP contribution in [0.2, 0.25) is 0 Å². The van der Waals surface area contributed by atoms with Crippen molar-refractivity contribution in [2.75, 3.05) is 12.8 Å². The standard InChI is InChI=1S/C15H20N2O2S2/c1-10-7-14(16)12(3)15(11(10)2)21(18,19)17(4)8-13-5-6-20-9-13/h5-7,9H,8,16H2,1-4H3. The zero-order chi connectivity index (χ0) is 15.8. The first kappa shape index (κ1) is 16.0. The molecular weight excluding hydrogens is 304 g/mol. The maximum atomic E-state index is 12.9. The van der Waals surface area contributed by atoms with Crippen LogP contribution in [0.1, 0.15) is 22.3 Å². The van der Waals surface area contributed by atoms with Crippen LogP contribution in [-0.2, 0) is 16.6 Å². The highest BCUT2D eigenvalue weighted by molar-refractivity contribution is 7.89. The number of sulfonamides is 1. The first-order chi connectivity index (χ1) is 9.75. The van der Waals surface area contributed by atoms with Gasteiger partial charge in [-0.3, -0.25) is 0 Å². The van der Waals surface area contributed by atoms with Crippen molar-refractivity contribution in [3.8, 4) is 0 Å². The summed E-state index contributed by atoms with van der Waals surface area (Å²) in [6.07, 6.45) is 0. The highest BCUT2D eigenvalue weighted by Gasteiger charge is 2.26. The van der Waals surface area contributed by atoms with Gasteiger partial charge in [-0.05, 0) is 65.9 Å². The Hall–Kier alpha value is -1.37. The van der Waals surface area contributed by atoms with E-state index in [0.29, 0.717) is 22.7 Å². The van der Waals surface area contributed by atoms with Crippen molar-refractivity contribution < 1.29 is 8.42 Å². The number of nitrogens with zero attached hydrogens (tertiary/aromatic N) is 1. The Kier molecular flexibility index (Phi) is 4.41. The summed E-state index contributed by atoms with van der Waals surface area (Å²) in [4.78, 5) is 0.331. The molecule has 0 aliphatic rings. The summed E-state index contributed by atoms with van der Waals surface area (Å²) in [6, 6.07) is 3.75. The molecule has 0 amide bonds. The van der Waals surface area contributed by atoms with E-state index >= 15 is 0 Å². The van der Waals surface area contributed by atoms with Gasteiger partial charge >= 0.3 is 0 Å². The van der Waals surface area contributed by atoms with Crippen molar-refractivity contribution >= 4 is 27.0 Å². The number of anilines is 1. The molecule has 0 unspecified atom stereocenters. The molecular formula is C15H20N2O2S2. The summed E-state index contributed by atoms with van der Waals surface area (Å²) < 4.78 is 27.1. The Morgan fingerprint density at radius 2 is 1.90 bits per heavy atom. The van der Waals surface area contributed by atoms with Crippen molar-refractivity contribution in [3.05, 3.63) is 45.1 Å². The van der Waals surface area contributed by atoms with Crippen LogP contribution in [0.5, 0.6) is 0 Å². The SMILES string of the molecule is Cc1cc(N)c(C)c(S(=O)(=O)N(C)Cc2ccsc2)c1C. The predicted octanol–water partition coefficient (Wildman–Crippen LogP) is 3.08. The van der Waals surface area contributed by atoms with E-state index in [1.165, 1.54) is 4.31 Å². The van der Waals surface area contributed by atoms with Crippen LogP contribution in [0.3, 0.4) is 0 Å². The van der Waals surface area contributed by atoms with Crippen molar-refractivity contribution in [1.29, 1.82) is 0 Å². The summed E-state index contributed by atoms with van der Waals surface area (Å²) in [5.74, 6) is 0. The average Bonchev–Trinajstić information content (AvgIpc) is 2.89. The van der Waals surface area contributed by atoms with Crippen LogP contribution in [0.4, 0.5) is 5.69 Å². The molecule has 0 fully saturated rings. The van der Waals surface area contributed by atoms with E-state index in [-0.39, 0.29) is 0 Å². The Balaban J connectivity index is 2.49. The lowest BCUT2D eigenvalue weighted by Crippen LogP contribution is -2.28. The van der Waals surface area contributed by atoms with Crippen molar-refractivity contribution in [2.24, 2.45) is 0 Å². The first-order valence-electron chi connectivity index (χ1n) is 6.59. The van der Waals surface area contributed by atoms with Crippen LogP contribution in [-0.4, -0.2) is 19.8 Å². The number of aryl methyl sites for hydroxylation is 1. The number of nitrogens with two attached hydrogens (primary N) is 1. The normalized spacial score (nSPS) is 12.0. The van der Waals surface area contributed by atoms with Crippen LogP contribution in [0.15, 0.2) is 27.8 Å². The van der Waals surface area contributed by atoms with E-state index in [1.807, 2.05) is 36.7 Å². The molecule has 1 aromatic carbocycles. The van der Waals surface area contributed by atoms with Gasteiger partial charge in [0.1, 0.15) is 0 Å². The first-order valence-corrected chi connectivity index (χ1v) is 8.97. The van der Waals surface area contributed by atoms with Crippen molar-refractivity contribution in [1.82, 2.24) is 4.31 Å². The fourth-order valence-electron chi connectivity index (χ4n) is 2.31. The maximum Gasteiger partial charge on any atom is 0.243 e. The molecule has 114 valence electrons. The van der Waals surface area contributed by atoms with Gasteiger partial charge in [0.2, 0.25) is 10.0 Å². The number of benzene rings is 1. The zero-order valence-electron chi connectivity index (χ0n) is 12.7.